The van der Waals surface area contributed by atoms with Gasteiger partial charge >= 0.3 is 0 Å². The van der Waals surface area contributed by atoms with Gasteiger partial charge in [-0.1, -0.05) is 36.4 Å². The Morgan fingerprint density at radius 3 is 2.36 bits per heavy atom. The standard InChI is InChI=1S/C12H7F2/c13-11-8-4-7-10(12(11)14)9-5-2-1-3-6-9/h2-8H. The summed E-state index contributed by atoms with van der Waals surface area (Å²) in [5.74, 6) is -1.63. The van der Waals surface area contributed by atoms with Crippen LogP contribution in [0.2, 0.25) is 0 Å². The predicted molar refractivity (Wildman–Crippen MR) is 50.6 cm³/mol. The highest BCUT2D eigenvalue weighted by Crippen LogP contribution is 2.23. The van der Waals surface area contributed by atoms with Crippen LogP contribution < -0.4 is 0 Å². The lowest BCUT2D eigenvalue weighted by Crippen LogP contribution is -1.88. The van der Waals surface area contributed by atoms with Gasteiger partial charge in [0.1, 0.15) is 0 Å². The molecule has 0 amide bonds. The van der Waals surface area contributed by atoms with E-state index >= 15 is 0 Å². The van der Waals surface area contributed by atoms with Gasteiger partial charge in [0.25, 0.3) is 0 Å². The second kappa shape index (κ2) is 3.58. The molecule has 0 aromatic heterocycles. The summed E-state index contributed by atoms with van der Waals surface area (Å²) in [6.45, 7) is 0. The Bertz CT molecular complexity index is 435. The molecule has 1 radical (unpaired) electrons. The van der Waals surface area contributed by atoms with Crippen molar-refractivity contribution >= 4 is 0 Å². The second-order valence-corrected chi connectivity index (χ2v) is 2.89. The maximum Gasteiger partial charge on any atom is 0.166 e. The smallest absolute Gasteiger partial charge is 0.166 e. The first kappa shape index (κ1) is 8.88. The minimum Gasteiger partial charge on any atom is -0.204 e. The normalized spacial score (nSPS) is 10.1. The molecule has 0 saturated carbocycles. The highest BCUT2D eigenvalue weighted by atomic mass is 19.2. The summed E-state index contributed by atoms with van der Waals surface area (Å²) in [5, 5.41) is 0. The van der Waals surface area contributed by atoms with E-state index in [2.05, 4.69) is 6.07 Å². The molecule has 0 heterocycles. The van der Waals surface area contributed by atoms with E-state index in [0.29, 0.717) is 5.56 Å². The molecule has 0 nitrogen and oxygen atoms in total. The molecule has 0 bridgehead atoms. The van der Waals surface area contributed by atoms with Crippen molar-refractivity contribution in [2.24, 2.45) is 0 Å². The third kappa shape index (κ3) is 1.51. The van der Waals surface area contributed by atoms with E-state index in [1.807, 2.05) is 0 Å². The average Bonchev–Trinajstić information content (AvgIpc) is 2.23. The van der Waals surface area contributed by atoms with Gasteiger partial charge in [-0.3, -0.25) is 0 Å². The van der Waals surface area contributed by atoms with Crippen LogP contribution in [-0.4, -0.2) is 0 Å². The summed E-state index contributed by atoms with van der Waals surface area (Å²) >= 11 is 0. The van der Waals surface area contributed by atoms with E-state index in [4.69, 9.17) is 0 Å². The zero-order valence-corrected chi connectivity index (χ0v) is 7.30. The van der Waals surface area contributed by atoms with Gasteiger partial charge in [-0.25, -0.2) is 8.78 Å². The lowest BCUT2D eigenvalue weighted by molar-refractivity contribution is 0.511. The summed E-state index contributed by atoms with van der Waals surface area (Å²) in [7, 11) is 0. The number of halogens is 2. The van der Waals surface area contributed by atoms with Crippen LogP contribution in [-0.2, 0) is 0 Å². The largest absolute Gasteiger partial charge is 0.204 e. The molecule has 2 heteroatoms. The number of hydrogen-bond acceptors (Lipinski definition) is 0. The molecule has 69 valence electrons. The molecule has 0 saturated heterocycles. The first-order chi connectivity index (χ1) is 6.79. The van der Waals surface area contributed by atoms with Gasteiger partial charge in [0.2, 0.25) is 0 Å². The van der Waals surface area contributed by atoms with E-state index in [-0.39, 0.29) is 5.56 Å². The van der Waals surface area contributed by atoms with Gasteiger partial charge in [0, 0.05) is 5.56 Å². The average molecular weight is 189 g/mol. The second-order valence-electron chi connectivity index (χ2n) is 2.89. The van der Waals surface area contributed by atoms with Crippen molar-refractivity contribution < 1.29 is 8.78 Å². The van der Waals surface area contributed by atoms with Crippen molar-refractivity contribution in [2.75, 3.05) is 0 Å². The highest BCUT2D eigenvalue weighted by molar-refractivity contribution is 5.63. The molecular weight excluding hydrogens is 182 g/mol. The molecule has 2 aromatic rings. The van der Waals surface area contributed by atoms with Crippen LogP contribution in [0.4, 0.5) is 8.78 Å². The molecule has 0 unspecified atom stereocenters. The van der Waals surface area contributed by atoms with Crippen molar-refractivity contribution in [1.29, 1.82) is 0 Å². The molecule has 0 N–H and O–H groups in total. The van der Waals surface area contributed by atoms with E-state index in [1.165, 1.54) is 6.07 Å². The molecular formula is C12H7F2. The zero-order chi connectivity index (χ0) is 9.97. The van der Waals surface area contributed by atoms with Crippen LogP contribution in [0.5, 0.6) is 0 Å². The third-order valence-electron chi connectivity index (χ3n) is 1.98. The lowest BCUT2D eigenvalue weighted by Gasteiger charge is -2.02. The Morgan fingerprint density at radius 2 is 1.64 bits per heavy atom. The molecule has 0 atom stereocenters. The van der Waals surface area contributed by atoms with E-state index in [1.54, 1.807) is 30.3 Å². The quantitative estimate of drug-likeness (QED) is 0.644. The van der Waals surface area contributed by atoms with Gasteiger partial charge in [0.15, 0.2) is 11.6 Å². The molecule has 0 aliphatic carbocycles. The fraction of sp³-hybridized carbons (Fsp3) is 0. The molecule has 2 rings (SSSR count). The number of benzene rings is 2. The van der Waals surface area contributed by atoms with Gasteiger partial charge in [-0.15, -0.1) is 0 Å². The fourth-order valence-electron chi connectivity index (χ4n) is 1.29. The minimum atomic E-state index is -0.824. The first-order valence-electron chi connectivity index (χ1n) is 4.19. The first-order valence-corrected chi connectivity index (χ1v) is 4.19. The maximum absolute atomic E-state index is 13.3. The Hall–Kier alpha value is -1.70. The molecule has 14 heavy (non-hydrogen) atoms. The lowest BCUT2D eigenvalue weighted by atomic mass is 10.1. The SMILES string of the molecule is Fc1cccc(-c2cc[c]cc2)c1F. The molecule has 0 aliphatic rings. The van der Waals surface area contributed by atoms with Crippen molar-refractivity contribution in [3.8, 4) is 11.1 Å². The van der Waals surface area contributed by atoms with Crippen LogP contribution in [0.25, 0.3) is 11.1 Å². The van der Waals surface area contributed by atoms with Crippen molar-refractivity contribution in [2.45, 2.75) is 0 Å². The van der Waals surface area contributed by atoms with E-state index in [0.717, 1.165) is 6.07 Å². The van der Waals surface area contributed by atoms with Crippen LogP contribution in [0.15, 0.2) is 42.5 Å². The van der Waals surface area contributed by atoms with Gasteiger partial charge in [-0.05, 0) is 17.7 Å². The van der Waals surface area contributed by atoms with Crippen LogP contribution in [0.1, 0.15) is 0 Å². The fourth-order valence-corrected chi connectivity index (χ4v) is 1.29. The topological polar surface area (TPSA) is 0 Å². The Kier molecular flexibility index (Phi) is 2.27. The predicted octanol–water partition coefficient (Wildman–Crippen LogP) is 3.43. The van der Waals surface area contributed by atoms with E-state index < -0.39 is 11.6 Å². The van der Waals surface area contributed by atoms with Crippen molar-refractivity contribution in [1.82, 2.24) is 0 Å². The summed E-state index contributed by atoms with van der Waals surface area (Å²) in [5.41, 5.74) is 0.930. The molecule has 0 spiro atoms. The van der Waals surface area contributed by atoms with Crippen LogP contribution in [0.3, 0.4) is 0 Å². The van der Waals surface area contributed by atoms with Gasteiger partial charge < -0.3 is 0 Å². The maximum atomic E-state index is 13.3. The number of rotatable bonds is 1. The van der Waals surface area contributed by atoms with Crippen molar-refractivity contribution in [3.05, 3.63) is 60.2 Å². The summed E-state index contributed by atoms with van der Waals surface area (Å²) in [6.07, 6.45) is 0. The Labute approximate surface area is 80.8 Å². The summed E-state index contributed by atoms with van der Waals surface area (Å²) in [4.78, 5) is 0. The Balaban J connectivity index is 2.58. The molecule has 2 aromatic carbocycles. The van der Waals surface area contributed by atoms with Crippen LogP contribution in [0, 0.1) is 17.7 Å². The molecule has 0 fully saturated rings. The summed E-state index contributed by atoms with van der Waals surface area (Å²) < 4.78 is 26.2. The summed E-state index contributed by atoms with van der Waals surface area (Å²) in [6, 6.07) is 13.7. The van der Waals surface area contributed by atoms with Crippen molar-refractivity contribution in [3.63, 3.8) is 0 Å². The zero-order valence-electron chi connectivity index (χ0n) is 7.30. The third-order valence-corrected chi connectivity index (χ3v) is 1.98. The monoisotopic (exact) mass is 189 g/mol. The highest BCUT2D eigenvalue weighted by Gasteiger charge is 2.08. The number of hydrogen-bond donors (Lipinski definition) is 0. The van der Waals surface area contributed by atoms with Crippen LogP contribution >= 0.6 is 0 Å². The molecule has 0 aliphatic heterocycles. The van der Waals surface area contributed by atoms with Gasteiger partial charge in [0.05, 0.1) is 0 Å². The minimum absolute atomic E-state index is 0.277. The van der Waals surface area contributed by atoms with Gasteiger partial charge in [-0.2, -0.15) is 0 Å². The van der Waals surface area contributed by atoms with E-state index in [9.17, 15) is 8.78 Å². The Morgan fingerprint density at radius 1 is 0.929 bits per heavy atom.